The van der Waals surface area contributed by atoms with Crippen LogP contribution < -0.4 is 4.74 Å². The Labute approximate surface area is 125 Å². The summed E-state index contributed by atoms with van der Waals surface area (Å²) >= 11 is 0. The van der Waals surface area contributed by atoms with Crippen molar-refractivity contribution in [2.45, 2.75) is 37.4 Å². The summed E-state index contributed by atoms with van der Waals surface area (Å²) < 4.78 is 17.4. The Balaban J connectivity index is 1.79. The minimum absolute atomic E-state index is 0.0568. The largest absolute Gasteiger partial charge is 0.497 e. The molecule has 1 spiro atoms. The zero-order valence-corrected chi connectivity index (χ0v) is 12.7. The first-order valence-electron chi connectivity index (χ1n) is 7.80. The van der Waals surface area contributed by atoms with Crippen molar-refractivity contribution in [3.05, 3.63) is 35.4 Å². The minimum atomic E-state index is -0.364. The van der Waals surface area contributed by atoms with Crippen LogP contribution in [0.25, 0.3) is 6.08 Å². The van der Waals surface area contributed by atoms with Crippen LogP contribution in [-0.4, -0.2) is 26.1 Å². The van der Waals surface area contributed by atoms with Gasteiger partial charge in [0.1, 0.15) is 5.75 Å². The first kappa shape index (κ1) is 13.4. The number of fused-ring (bicyclic) bond motifs is 3. The number of methoxy groups -OCH3 is 1. The van der Waals surface area contributed by atoms with Crippen molar-refractivity contribution in [3.63, 3.8) is 0 Å². The molecule has 2 atom stereocenters. The van der Waals surface area contributed by atoms with Crippen LogP contribution in [0.5, 0.6) is 5.75 Å². The highest BCUT2D eigenvalue weighted by molar-refractivity contribution is 5.62. The maximum absolute atomic E-state index is 5.99. The molecule has 3 aliphatic rings. The van der Waals surface area contributed by atoms with Gasteiger partial charge in [-0.3, -0.25) is 0 Å². The van der Waals surface area contributed by atoms with E-state index in [4.69, 9.17) is 14.2 Å². The van der Waals surface area contributed by atoms with E-state index in [1.807, 2.05) is 6.07 Å². The Morgan fingerprint density at radius 3 is 2.81 bits per heavy atom. The van der Waals surface area contributed by atoms with Gasteiger partial charge in [-0.05, 0) is 35.6 Å². The Hall–Kier alpha value is -1.32. The maximum Gasteiger partial charge on any atom is 0.169 e. The van der Waals surface area contributed by atoms with Crippen molar-refractivity contribution in [2.24, 2.45) is 5.92 Å². The minimum Gasteiger partial charge on any atom is -0.497 e. The topological polar surface area (TPSA) is 27.7 Å². The average molecular weight is 286 g/mol. The summed E-state index contributed by atoms with van der Waals surface area (Å²) in [6, 6.07) is 6.39. The first-order chi connectivity index (χ1) is 10.2. The molecule has 1 saturated carbocycles. The molecule has 0 aromatic heterocycles. The van der Waals surface area contributed by atoms with E-state index in [0.717, 1.165) is 38.2 Å². The normalized spacial score (nSPS) is 32.8. The number of benzene rings is 1. The molecule has 1 aliphatic heterocycles. The SMILES string of the molecule is COc1ccc2c(c1)[C@]1(C)CC3(CC[C@@H]1C=C2)OCCO3. The standard InChI is InChI=1S/C18H22O3/c1-17-12-18(20-9-10-21-18)8-7-14(17)5-3-13-4-6-15(19-2)11-16(13)17/h3-6,11,14H,7-10,12H2,1-2H3/t14-,17+/m0/s1. The van der Waals surface area contributed by atoms with E-state index >= 15 is 0 Å². The number of rotatable bonds is 1. The number of hydrogen-bond donors (Lipinski definition) is 0. The molecule has 1 aromatic carbocycles. The average Bonchev–Trinajstić information content (AvgIpc) is 2.94. The number of ether oxygens (including phenoxy) is 3. The molecule has 0 amide bonds. The van der Waals surface area contributed by atoms with Crippen LogP contribution in [0, 0.1) is 5.92 Å². The van der Waals surface area contributed by atoms with Crippen LogP contribution in [0.2, 0.25) is 0 Å². The van der Waals surface area contributed by atoms with E-state index < -0.39 is 0 Å². The molecule has 4 rings (SSSR count). The van der Waals surface area contributed by atoms with Gasteiger partial charge in [-0.2, -0.15) is 0 Å². The highest BCUT2D eigenvalue weighted by Gasteiger charge is 2.52. The summed E-state index contributed by atoms with van der Waals surface area (Å²) in [7, 11) is 1.73. The zero-order chi connectivity index (χ0) is 14.5. The Bertz CT molecular complexity index is 586. The zero-order valence-electron chi connectivity index (χ0n) is 12.7. The van der Waals surface area contributed by atoms with Crippen LogP contribution in [-0.2, 0) is 14.9 Å². The molecular weight excluding hydrogens is 264 g/mol. The van der Waals surface area contributed by atoms with Crippen molar-refractivity contribution in [3.8, 4) is 5.75 Å². The van der Waals surface area contributed by atoms with E-state index in [9.17, 15) is 0 Å². The lowest BCUT2D eigenvalue weighted by Crippen LogP contribution is -2.48. The van der Waals surface area contributed by atoms with E-state index in [2.05, 4.69) is 31.2 Å². The number of allylic oxidation sites excluding steroid dienone is 1. The fourth-order valence-electron chi connectivity index (χ4n) is 4.34. The van der Waals surface area contributed by atoms with Gasteiger partial charge in [-0.15, -0.1) is 0 Å². The van der Waals surface area contributed by atoms with Gasteiger partial charge >= 0.3 is 0 Å². The summed E-state index contributed by atoms with van der Waals surface area (Å²) in [5.41, 5.74) is 2.72. The third-order valence-corrected chi connectivity index (χ3v) is 5.49. The highest BCUT2D eigenvalue weighted by Crippen LogP contribution is 2.53. The third kappa shape index (κ3) is 1.95. The Morgan fingerprint density at radius 2 is 2.05 bits per heavy atom. The van der Waals surface area contributed by atoms with Gasteiger partial charge in [0.25, 0.3) is 0 Å². The lowest BCUT2D eigenvalue weighted by Gasteiger charge is -2.49. The Kier molecular flexibility index (Phi) is 2.92. The Morgan fingerprint density at radius 1 is 1.24 bits per heavy atom. The van der Waals surface area contributed by atoms with Gasteiger partial charge in [0.15, 0.2) is 5.79 Å². The molecule has 2 fully saturated rings. The van der Waals surface area contributed by atoms with Crippen LogP contribution in [0.4, 0.5) is 0 Å². The van der Waals surface area contributed by atoms with Gasteiger partial charge in [-0.1, -0.05) is 25.1 Å². The summed E-state index contributed by atoms with van der Waals surface area (Å²) in [6.07, 6.45) is 7.67. The first-order valence-corrected chi connectivity index (χ1v) is 7.80. The highest BCUT2D eigenvalue weighted by atomic mass is 16.7. The monoisotopic (exact) mass is 286 g/mol. The van der Waals surface area contributed by atoms with Crippen LogP contribution in [0.15, 0.2) is 24.3 Å². The van der Waals surface area contributed by atoms with E-state index in [-0.39, 0.29) is 11.2 Å². The lowest BCUT2D eigenvalue weighted by molar-refractivity contribution is -0.195. The second-order valence-corrected chi connectivity index (χ2v) is 6.66. The predicted octanol–water partition coefficient (Wildman–Crippen LogP) is 3.52. The summed E-state index contributed by atoms with van der Waals surface area (Å²) in [4.78, 5) is 0. The van der Waals surface area contributed by atoms with E-state index in [1.165, 1.54) is 11.1 Å². The molecule has 0 bridgehead atoms. The van der Waals surface area contributed by atoms with Crippen molar-refractivity contribution in [1.29, 1.82) is 0 Å². The summed E-state index contributed by atoms with van der Waals surface area (Å²) in [6.45, 7) is 3.80. The fraction of sp³-hybridized carbons (Fsp3) is 0.556. The molecule has 1 heterocycles. The molecule has 3 heteroatoms. The van der Waals surface area contributed by atoms with Crippen molar-refractivity contribution >= 4 is 6.08 Å². The van der Waals surface area contributed by atoms with Gasteiger partial charge in [-0.25, -0.2) is 0 Å². The second kappa shape index (κ2) is 4.59. The van der Waals surface area contributed by atoms with Crippen molar-refractivity contribution < 1.29 is 14.2 Å². The predicted molar refractivity (Wildman–Crippen MR) is 81.4 cm³/mol. The molecule has 1 aromatic rings. The molecule has 2 aliphatic carbocycles. The quantitative estimate of drug-likeness (QED) is 0.790. The molecule has 3 nitrogen and oxygen atoms in total. The number of hydrogen-bond acceptors (Lipinski definition) is 3. The van der Waals surface area contributed by atoms with E-state index in [1.54, 1.807) is 7.11 Å². The third-order valence-electron chi connectivity index (χ3n) is 5.49. The van der Waals surface area contributed by atoms with Crippen LogP contribution in [0.3, 0.4) is 0 Å². The smallest absolute Gasteiger partial charge is 0.169 e. The van der Waals surface area contributed by atoms with Gasteiger partial charge < -0.3 is 14.2 Å². The summed E-state index contributed by atoms with van der Waals surface area (Å²) in [5, 5.41) is 0. The van der Waals surface area contributed by atoms with Crippen molar-refractivity contribution in [1.82, 2.24) is 0 Å². The van der Waals surface area contributed by atoms with E-state index in [0.29, 0.717) is 5.92 Å². The fourth-order valence-corrected chi connectivity index (χ4v) is 4.34. The van der Waals surface area contributed by atoms with Crippen molar-refractivity contribution in [2.75, 3.05) is 20.3 Å². The lowest BCUT2D eigenvalue weighted by atomic mass is 9.59. The maximum atomic E-state index is 5.99. The molecular formula is C18H22O3. The molecule has 0 unspecified atom stereocenters. The van der Waals surface area contributed by atoms with Gasteiger partial charge in [0, 0.05) is 18.3 Å². The molecule has 0 radical (unpaired) electrons. The molecule has 21 heavy (non-hydrogen) atoms. The second-order valence-electron chi connectivity index (χ2n) is 6.66. The molecule has 1 saturated heterocycles. The molecule has 112 valence electrons. The molecule has 0 N–H and O–H groups in total. The van der Waals surface area contributed by atoms with Gasteiger partial charge in [0.2, 0.25) is 0 Å². The van der Waals surface area contributed by atoms with Crippen LogP contribution >= 0.6 is 0 Å². The summed E-state index contributed by atoms with van der Waals surface area (Å²) in [5.74, 6) is 1.11. The van der Waals surface area contributed by atoms with Gasteiger partial charge in [0.05, 0.1) is 20.3 Å². The van der Waals surface area contributed by atoms with Crippen LogP contribution in [0.1, 0.15) is 37.3 Å².